The molecule has 0 N–H and O–H groups in total. The number of aliphatic imine (C=N–C) groups is 1. The number of carbonyl (C=O) groups is 4. The van der Waals surface area contributed by atoms with Gasteiger partial charge >= 0.3 is 6.03 Å². The molecule has 0 bridgehead atoms. The highest BCUT2D eigenvalue weighted by Gasteiger charge is 2.41. The second-order valence-corrected chi connectivity index (χ2v) is 4.79. The van der Waals surface area contributed by atoms with Gasteiger partial charge in [0, 0.05) is 32.8 Å². The van der Waals surface area contributed by atoms with Crippen LogP contribution in [0.3, 0.4) is 0 Å². The molecule has 0 aromatic heterocycles. The van der Waals surface area contributed by atoms with E-state index in [1.165, 1.54) is 20.3 Å². The van der Waals surface area contributed by atoms with Crippen molar-refractivity contribution in [2.45, 2.75) is 25.7 Å². The Labute approximate surface area is 122 Å². The maximum absolute atomic E-state index is 11.8. The van der Waals surface area contributed by atoms with Crippen molar-refractivity contribution in [1.29, 1.82) is 0 Å². The predicted octanol–water partition coefficient (Wildman–Crippen LogP) is -0.966. The lowest BCUT2D eigenvalue weighted by molar-refractivity contribution is -0.305. The number of carbonyl (C=O) groups excluding carboxylic acids is 4. The molecule has 0 unspecified atom stereocenters. The molecule has 1 rings (SSSR count). The van der Waals surface area contributed by atoms with E-state index in [4.69, 9.17) is 0 Å². The Kier molecular flexibility index (Phi) is 6.01. The van der Waals surface area contributed by atoms with E-state index >= 15 is 0 Å². The van der Waals surface area contributed by atoms with E-state index in [0.717, 1.165) is 9.80 Å². The molecule has 4 amide bonds. The minimum absolute atomic E-state index is 0.0149. The van der Waals surface area contributed by atoms with Crippen LogP contribution in [-0.4, -0.2) is 60.5 Å². The molecule has 1 aliphatic heterocycles. The van der Waals surface area contributed by atoms with Crippen molar-refractivity contribution < 1.29 is 24.3 Å². The summed E-state index contributed by atoms with van der Waals surface area (Å²) in [6, 6.07) is -0.656. The topological polar surface area (TPSA) is 110 Å². The summed E-state index contributed by atoms with van der Waals surface area (Å²) in [4.78, 5) is 51.1. The zero-order chi connectivity index (χ0) is 16.0. The van der Waals surface area contributed by atoms with E-state index in [-0.39, 0.29) is 6.42 Å². The van der Waals surface area contributed by atoms with E-state index in [1.54, 1.807) is 0 Å². The molecule has 1 heterocycles. The number of urea groups is 1. The number of aliphatic carboxylic acids is 1. The van der Waals surface area contributed by atoms with Crippen LogP contribution < -0.4 is 5.11 Å². The zero-order valence-corrected chi connectivity index (χ0v) is 12.1. The van der Waals surface area contributed by atoms with Crippen LogP contribution in [0.25, 0.3) is 0 Å². The molecule has 0 aliphatic carbocycles. The van der Waals surface area contributed by atoms with Crippen molar-refractivity contribution >= 4 is 30.0 Å². The first kappa shape index (κ1) is 16.8. The normalized spacial score (nSPS) is 17.1. The lowest BCUT2D eigenvalue weighted by Crippen LogP contribution is -2.57. The van der Waals surface area contributed by atoms with Gasteiger partial charge in [0.15, 0.2) is 5.92 Å². The van der Waals surface area contributed by atoms with Gasteiger partial charge < -0.3 is 9.90 Å². The Hall–Kier alpha value is -2.25. The maximum Gasteiger partial charge on any atom is 0.332 e. The summed E-state index contributed by atoms with van der Waals surface area (Å²) in [5, 5.41) is 10.2. The highest BCUT2D eigenvalue weighted by Crippen LogP contribution is 2.13. The summed E-state index contributed by atoms with van der Waals surface area (Å²) in [6.45, 7) is 0.394. The third-order valence-electron chi connectivity index (χ3n) is 3.19. The van der Waals surface area contributed by atoms with Crippen LogP contribution in [-0.2, 0) is 14.4 Å². The first-order chi connectivity index (χ1) is 9.86. The van der Waals surface area contributed by atoms with Crippen LogP contribution in [0.4, 0.5) is 4.79 Å². The van der Waals surface area contributed by atoms with E-state index in [1.807, 2.05) is 0 Å². The average Bonchev–Trinajstić information content (AvgIpc) is 2.45. The third kappa shape index (κ3) is 4.37. The summed E-state index contributed by atoms with van der Waals surface area (Å²) in [5.74, 6) is -3.33. The fourth-order valence-corrected chi connectivity index (χ4v) is 1.89. The quantitative estimate of drug-likeness (QED) is 0.341. The molecule has 0 saturated carbocycles. The molecular weight excluding hydrogens is 278 g/mol. The van der Waals surface area contributed by atoms with E-state index in [2.05, 4.69) is 4.99 Å². The molecule has 0 aromatic carbocycles. The molecule has 8 heteroatoms. The van der Waals surface area contributed by atoms with Gasteiger partial charge in [-0.2, -0.15) is 0 Å². The second kappa shape index (κ2) is 7.51. The molecule has 0 spiro atoms. The zero-order valence-electron chi connectivity index (χ0n) is 12.1. The van der Waals surface area contributed by atoms with Crippen LogP contribution in [0.1, 0.15) is 25.7 Å². The van der Waals surface area contributed by atoms with E-state index in [0.29, 0.717) is 25.8 Å². The number of unbranched alkanes of at least 4 members (excludes halogenated alkanes) is 2. The number of hydrogen-bond donors (Lipinski definition) is 0. The SMILES string of the molecule is CN1C(=O)C(C=NCCCCCC(=O)[O-])C(=O)N(C)C1=O. The number of carboxylic acids is 1. The minimum Gasteiger partial charge on any atom is -0.550 e. The monoisotopic (exact) mass is 296 g/mol. The van der Waals surface area contributed by atoms with Crippen molar-refractivity contribution in [3.05, 3.63) is 0 Å². The molecule has 0 radical (unpaired) electrons. The van der Waals surface area contributed by atoms with Crippen molar-refractivity contribution in [1.82, 2.24) is 9.80 Å². The number of amides is 4. The Morgan fingerprint density at radius 1 is 1.14 bits per heavy atom. The lowest BCUT2D eigenvalue weighted by Gasteiger charge is -2.31. The Morgan fingerprint density at radius 2 is 1.71 bits per heavy atom. The highest BCUT2D eigenvalue weighted by molar-refractivity contribution is 6.23. The van der Waals surface area contributed by atoms with Gasteiger partial charge in [0.25, 0.3) is 0 Å². The Bertz CT molecular complexity index is 450. The average molecular weight is 296 g/mol. The van der Waals surface area contributed by atoms with E-state index in [9.17, 15) is 24.3 Å². The fraction of sp³-hybridized carbons (Fsp3) is 0.615. The fourth-order valence-electron chi connectivity index (χ4n) is 1.89. The number of carboxylic acid groups (broad SMARTS) is 1. The molecule has 116 valence electrons. The van der Waals surface area contributed by atoms with Crippen molar-refractivity contribution in [3.63, 3.8) is 0 Å². The van der Waals surface area contributed by atoms with Crippen LogP contribution in [0.5, 0.6) is 0 Å². The Balaban J connectivity index is 2.44. The van der Waals surface area contributed by atoms with E-state index < -0.39 is 29.7 Å². The molecule has 0 atom stereocenters. The molecule has 0 aromatic rings. The summed E-state index contributed by atoms with van der Waals surface area (Å²) in [5.41, 5.74) is 0. The van der Waals surface area contributed by atoms with Crippen molar-refractivity contribution in [2.24, 2.45) is 10.9 Å². The van der Waals surface area contributed by atoms with Crippen LogP contribution in [0, 0.1) is 5.92 Å². The third-order valence-corrected chi connectivity index (χ3v) is 3.19. The molecule has 8 nitrogen and oxygen atoms in total. The van der Waals surface area contributed by atoms with Crippen molar-refractivity contribution in [2.75, 3.05) is 20.6 Å². The summed E-state index contributed by atoms with van der Waals surface area (Å²) < 4.78 is 0. The first-order valence-electron chi connectivity index (χ1n) is 6.65. The number of barbiturate groups is 1. The smallest absolute Gasteiger partial charge is 0.332 e. The number of imide groups is 2. The number of nitrogens with zero attached hydrogens (tertiary/aromatic N) is 3. The second-order valence-electron chi connectivity index (χ2n) is 4.79. The van der Waals surface area contributed by atoms with Gasteiger partial charge in [-0.1, -0.05) is 6.42 Å². The molecule has 21 heavy (non-hydrogen) atoms. The summed E-state index contributed by atoms with van der Waals surface area (Å²) in [7, 11) is 2.63. The van der Waals surface area contributed by atoms with Gasteiger partial charge in [0.05, 0.1) is 0 Å². The molecule has 1 saturated heterocycles. The molecule has 1 fully saturated rings. The van der Waals surface area contributed by atoms with Gasteiger partial charge in [0.1, 0.15) is 0 Å². The Morgan fingerprint density at radius 3 is 2.24 bits per heavy atom. The van der Waals surface area contributed by atoms with Gasteiger partial charge in [-0.05, 0) is 19.3 Å². The van der Waals surface area contributed by atoms with Gasteiger partial charge in [-0.15, -0.1) is 0 Å². The highest BCUT2D eigenvalue weighted by atomic mass is 16.4. The predicted molar refractivity (Wildman–Crippen MR) is 71.3 cm³/mol. The first-order valence-corrected chi connectivity index (χ1v) is 6.65. The van der Waals surface area contributed by atoms with Gasteiger partial charge in [-0.3, -0.25) is 24.4 Å². The standard InChI is InChI=1S/C13H19N3O5/c1-15-11(19)9(12(20)16(2)13(15)21)8-14-7-5-3-4-6-10(17)18/h8-9H,3-7H2,1-2H3,(H,17,18)/p-1. The number of rotatable bonds is 7. The number of hydrogen-bond acceptors (Lipinski definition) is 6. The van der Waals surface area contributed by atoms with Crippen LogP contribution in [0.2, 0.25) is 0 Å². The summed E-state index contributed by atoms with van der Waals surface area (Å²) in [6.07, 6.45) is 3.11. The van der Waals surface area contributed by atoms with Gasteiger partial charge in [-0.25, -0.2) is 4.79 Å². The van der Waals surface area contributed by atoms with Gasteiger partial charge in [0.2, 0.25) is 11.8 Å². The molecule has 1 aliphatic rings. The van der Waals surface area contributed by atoms with Crippen LogP contribution >= 0.6 is 0 Å². The maximum atomic E-state index is 11.8. The lowest BCUT2D eigenvalue weighted by atomic mass is 10.1. The van der Waals surface area contributed by atoms with Crippen molar-refractivity contribution in [3.8, 4) is 0 Å². The molecular formula is C13H18N3O5-. The largest absolute Gasteiger partial charge is 0.550 e. The minimum atomic E-state index is -1.08. The summed E-state index contributed by atoms with van der Waals surface area (Å²) >= 11 is 0. The van der Waals surface area contributed by atoms with Crippen LogP contribution in [0.15, 0.2) is 4.99 Å².